The molecule has 0 aliphatic heterocycles. The van der Waals surface area contributed by atoms with E-state index in [1.807, 2.05) is 0 Å². The molecule has 0 spiro atoms. The molecular weight excluding hydrogens is 294 g/mol. The summed E-state index contributed by atoms with van der Waals surface area (Å²) in [5.74, 6) is 0. The van der Waals surface area contributed by atoms with Crippen molar-refractivity contribution < 1.29 is 176 Å². The van der Waals surface area contributed by atoms with Crippen LogP contribution in [0.15, 0.2) is 0 Å². The summed E-state index contributed by atoms with van der Waals surface area (Å²) >= 11 is 0. The molecule has 0 aliphatic carbocycles. The van der Waals surface area contributed by atoms with Crippen LogP contribution in [0.3, 0.4) is 0 Å². The van der Waals surface area contributed by atoms with E-state index in [9.17, 15) is 0 Å². The number of hydrogen-bond donors (Lipinski definition) is 0. The average molecular weight is 306 g/mol. The first-order valence-corrected chi connectivity index (χ1v) is 0. The van der Waals surface area contributed by atoms with Crippen LogP contribution >= 0.6 is 0 Å². The Bertz CT molecular complexity index is 14.4. The zero-order valence-corrected chi connectivity index (χ0v) is 15.0. The average Bonchev–Trinajstić information content (AvgIpc) is 0. The summed E-state index contributed by atoms with van der Waals surface area (Å²) in [4.78, 5) is 0. The Morgan fingerprint density at radius 3 is 0.364 bits per heavy atom. The van der Waals surface area contributed by atoms with Crippen molar-refractivity contribution in [2.45, 2.75) is 0 Å². The Morgan fingerprint density at radius 1 is 0.364 bits per heavy atom. The predicted octanol–water partition coefficient (Wildman–Crippen LogP) is -10.5. The van der Waals surface area contributed by atoms with Crippen LogP contribution in [0, 0.1) is 0 Å². The van der Waals surface area contributed by atoms with Crippen molar-refractivity contribution in [1.82, 2.24) is 0 Å². The van der Waals surface area contributed by atoms with E-state index < -0.39 is 0 Å². The summed E-state index contributed by atoms with van der Waals surface area (Å²) in [5.41, 5.74) is 0. The van der Waals surface area contributed by atoms with Crippen molar-refractivity contribution in [2.75, 3.05) is 0 Å². The van der Waals surface area contributed by atoms with Crippen LogP contribution in [0.2, 0.25) is 0 Å². The van der Waals surface area contributed by atoms with Gasteiger partial charge in [0.15, 0.2) is 0 Å². The molecule has 0 aliphatic rings. The van der Waals surface area contributed by atoms with Gasteiger partial charge in [0.1, 0.15) is 0 Å². The third-order valence-electron chi connectivity index (χ3n) is 0. The first kappa shape index (κ1) is 181. The molecule has 0 rings (SSSR count). The zero-order valence-electron chi connectivity index (χ0n) is 6.21. The summed E-state index contributed by atoms with van der Waals surface area (Å²) in [6, 6.07) is 0. The maximum Gasteiger partial charge on any atom is 1.00 e. The van der Waals surface area contributed by atoms with Crippen LogP contribution in [0.4, 0.5) is 0 Å². The molecule has 0 saturated heterocycles. The van der Waals surface area contributed by atoms with Gasteiger partial charge in [-0.3, -0.25) is 0 Å². The molecule has 0 amide bonds. The Hall–Kier alpha value is 4.06. The van der Waals surface area contributed by atoms with E-state index in [1.54, 1.807) is 0 Å². The SMILES string of the molecule is O.O.O.O.O.[Cr].[Cr].[K+].[K+].[OH-].[OH-]. The monoisotopic (exact) mass is 306 g/mol. The Morgan fingerprint density at radius 2 is 0.364 bits per heavy atom. The maximum atomic E-state index is 0. The van der Waals surface area contributed by atoms with E-state index in [2.05, 4.69) is 0 Å². The molecule has 0 radical (unpaired) electrons. The fourth-order valence-electron chi connectivity index (χ4n) is 0. The fraction of sp³-hybridized carbons (Fsp3) is 0. The third-order valence-corrected chi connectivity index (χ3v) is 0. The van der Waals surface area contributed by atoms with E-state index in [1.165, 1.54) is 0 Å². The molecule has 68 valence electrons. The van der Waals surface area contributed by atoms with Crippen molar-refractivity contribution in [2.24, 2.45) is 0 Å². The second-order valence-corrected chi connectivity index (χ2v) is 0. The minimum atomic E-state index is 0. The summed E-state index contributed by atoms with van der Waals surface area (Å²) in [6.07, 6.45) is 0. The molecule has 7 nitrogen and oxygen atoms in total. The summed E-state index contributed by atoms with van der Waals surface area (Å²) < 4.78 is 0. The molecule has 0 aromatic carbocycles. The van der Waals surface area contributed by atoms with Crippen molar-refractivity contribution in [3.63, 3.8) is 0 Å². The second-order valence-electron chi connectivity index (χ2n) is 0. The molecule has 11 heteroatoms. The Labute approximate surface area is 171 Å². The molecular formula is H12Cr2K2O7. The van der Waals surface area contributed by atoms with Gasteiger partial charge in [0.05, 0.1) is 0 Å². The van der Waals surface area contributed by atoms with Crippen LogP contribution in [0.1, 0.15) is 0 Å². The first-order valence-electron chi connectivity index (χ1n) is 0. The van der Waals surface area contributed by atoms with Gasteiger partial charge < -0.3 is 38.3 Å². The smallest absolute Gasteiger partial charge is 0.870 e. The number of hydrogen-bond acceptors (Lipinski definition) is 2. The minimum Gasteiger partial charge on any atom is -0.870 e. The van der Waals surface area contributed by atoms with Crippen LogP contribution in [-0.4, -0.2) is 38.3 Å². The van der Waals surface area contributed by atoms with E-state index in [-0.39, 0.29) is 176 Å². The molecule has 0 bridgehead atoms. The van der Waals surface area contributed by atoms with Gasteiger partial charge in [-0.1, -0.05) is 0 Å². The maximum absolute atomic E-state index is 0. The second kappa shape index (κ2) is 146. The van der Waals surface area contributed by atoms with Gasteiger partial charge in [0.2, 0.25) is 0 Å². The van der Waals surface area contributed by atoms with Crippen molar-refractivity contribution in [1.29, 1.82) is 0 Å². The van der Waals surface area contributed by atoms with Crippen molar-refractivity contribution in [3.05, 3.63) is 0 Å². The molecule has 0 aromatic heterocycles. The Kier molecular flexibility index (Phi) is 2390. The summed E-state index contributed by atoms with van der Waals surface area (Å²) in [7, 11) is 0. The van der Waals surface area contributed by atoms with E-state index >= 15 is 0 Å². The van der Waals surface area contributed by atoms with E-state index in [4.69, 9.17) is 0 Å². The molecule has 12 N–H and O–H groups in total. The normalized spacial score (nSPS) is 0. The van der Waals surface area contributed by atoms with Crippen molar-refractivity contribution in [3.8, 4) is 0 Å². The van der Waals surface area contributed by atoms with Gasteiger partial charge in [-0.25, -0.2) is 0 Å². The standard InChI is InChI=1S/2Cr.2K.7H2O/h;;;;7*1H2/q;;2*+1;;;;;;;/p-2. The molecule has 0 saturated carbocycles. The van der Waals surface area contributed by atoms with E-state index in [0.717, 1.165) is 0 Å². The fourth-order valence-corrected chi connectivity index (χ4v) is 0. The van der Waals surface area contributed by atoms with Gasteiger partial charge in [-0.05, 0) is 0 Å². The molecule has 0 fully saturated rings. The summed E-state index contributed by atoms with van der Waals surface area (Å²) in [5, 5.41) is 0. The van der Waals surface area contributed by atoms with Gasteiger partial charge in [-0.2, -0.15) is 0 Å². The Balaban J connectivity index is 0. The molecule has 0 atom stereocenters. The quantitative estimate of drug-likeness (QED) is 0.398. The molecule has 11 heavy (non-hydrogen) atoms. The molecule has 0 aromatic rings. The predicted molar refractivity (Wildman–Crippen MR) is 21.9 cm³/mol. The van der Waals surface area contributed by atoms with Gasteiger partial charge >= 0.3 is 103 Å². The van der Waals surface area contributed by atoms with Crippen LogP contribution in [0.5, 0.6) is 0 Å². The van der Waals surface area contributed by atoms with Gasteiger partial charge in [0.25, 0.3) is 0 Å². The first-order chi connectivity index (χ1) is 0. The zero-order chi connectivity index (χ0) is 0. The van der Waals surface area contributed by atoms with Crippen LogP contribution in [0.25, 0.3) is 0 Å². The third kappa shape index (κ3) is 124. The van der Waals surface area contributed by atoms with Gasteiger partial charge in [-0.15, -0.1) is 0 Å². The summed E-state index contributed by atoms with van der Waals surface area (Å²) in [6.45, 7) is 0. The molecule has 0 heterocycles. The van der Waals surface area contributed by atoms with Gasteiger partial charge in [0, 0.05) is 34.7 Å². The topological polar surface area (TPSA) is 218 Å². The van der Waals surface area contributed by atoms with Crippen LogP contribution < -0.4 is 103 Å². The van der Waals surface area contributed by atoms with Crippen LogP contribution in [-0.2, 0) is 34.7 Å². The minimum absolute atomic E-state index is 0. The van der Waals surface area contributed by atoms with Crippen molar-refractivity contribution >= 4 is 0 Å². The molecule has 0 unspecified atom stereocenters. The number of rotatable bonds is 0. The largest absolute Gasteiger partial charge is 1.00 e. The van der Waals surface area contributed by atoms with E-state index in [0.29, 0.717) is 0 Å².